The number of ether oxygens (including phenoxy) is 1. The van der Waals surface area contributed by atoms with Crippen molar-refractivity contribution < 1.29 is 22.7 Å². The van der Waals surface area contributed by atoms with E-state index in [1.807, 2.05) is 73.7 Å². The first kappa shape index (κ1) is 26.1. The number of nitrogens with zero attached hydrogens (tertiary/aromatic N) is 2. The smallest absolute Gasteiger partial charge is 0.308 e. The van der Waals surface area contributed by atoms with Crippen molar-refractivity contribution in [2.75, 3.05) is 24.6 Å². The summed E-state index contributed by atoms with van der Waals surface area (Å²) in [7, 11) is -3.79. The minimum atomic E-state index is -3.79. The Bertz CT molecular complexity index is 1560. The average Bonchev–Trinajstić information content (AvgIpc) is 3.49. The van der Waals surface area contributed by atoms with Crippen LogP contribution in [-0.4, -0.2) is 44.3 Å². The summed E-state index contributed by atoms with van der Waals surface area (Å²) in [6.45, 7) is 2.11. The summed E-state index contributed by atoms with van der Waals surface area (Å²) in [6, 6.07) is 23.6. The monoisotopic (exact) mass is 548 g/mol. The van der Waals surface area contributed by atoms with Crippen molar-refractivity contribution in [3.63, 3.8) is 0 Å². The molecule has 0 aliphatic carbocycles. The van der Waals surface area contributed by atoms with Crippen molar-refractivity contribution in [1.29, 1.82) is 0 Å². The van der Waals surface area contributed by atoms with Crippen molar-refractivity contribution in [1.82, 2.24) is 4.31 Å². The number of benzene rings is 3. The Balaban J connectivity index is 1.33. The summed E-state index contributed by atoms with van der Waals surface area (Å²) in [6.07, 6.45) is 0.372. The van der Waals surface area contributed by atoms with Crippen LogP contribution in [0.5, 0.6) is 0 Å². The van der Waals surface area contributed by atoms with E-state index in [2.05, 4.69) is 0 Å². The van der Waals surface area contributed by atoms with Gasteiger partial charge in [-0.3, -0.25) is 9.59 Å². The summed E-state index contributed by atoms with van der Waals surface area (Å²) < 4.78 is 33.9. The van der Waals surface area contributed by atoms with Crippen LogP contribution in [0.15, 0.2) is 88.5 Å². The van der Waals surface area contributed by atoms with Crippen molar-refractivity contribution in [3.8, 4) is 0 Å². The van der Waals surface area contributed by atoms with E-state index in [4.69, 9.17) is 4.74 Å². The molecule has 0 unspecified atom stereocenters. The van der Waals surface area contributed by atoms with Crippen LogP contribution in [0.2, 0.25) is 0 Å². The number of likely N-dealkylation sites (N-methyl/N-ethyl adjacent to an activating group) is 1. The van der Waals surface area contributed by atoms with E-state index in [-0.39, 0.29) is 23.1 Å². The molecule has 0 radical (unpaired) electrons. The van der Waals surface area contributed by atoms with Gasteiger partial charge in [0.05, 0.1) is 18.2 Å². The molecule has 0 saturated carbocycles. The molecule has 0 spiro atoms. The highest BCUT2D eigenvalue weighted by molar-refractivity contribution is 7.91. The summed E-state index contributed by atoms with van der Waals surface area (Å²) in [4.78, 5) is 27.8. The van der Waals surface area contributed by atoms with Gasteiger partial charge in [-0.25, -0.2) is 8.42 Å². The Kier molecular flexibility index (Phi) is 7.60. The maximum atomic E-state index is 13.4. The lowest BCUT2D eigenvalue weighted by molar-refractivity contribution is -0.148. The van der Waals surface area contributed by atoms with Crippen LogP contribution in [0.4, 0.5) is 5.69 Å². The minimum absolute atomic E-state index is 0.185. The first-order valence-corrected chi connectivity index (χ1v) is 14.8. The number of anilines is 1. The van der Waals surface area contributed by atoms with Crippen molar-refractivity contribution >= 4 is 49.7 Å². The van der Waals surface area contributed by atoms with Crippen LogP contribution in [0.3, 0.4) is 0 Å². The molecule has 7 nitrogen and oxygen atoms in total. The lowest BCUT2D eigenvalue weighted by atomic mass is 9.92. The van der Waals surface area contributed by atoms with Crippen molar-refractivity contribution in [2.45, 2.75) is 30.0 Å². The zero-order valence-electron chi connectivity index (χ0n) is 20.9. The first-order valence-electron chi connectivity index (χ1n) is 12.5. The largest absolute Gasteiger partial charge is 0.455 e. The first-order chi connectivity index (χ1) is 18.4. The summed E-state index contributed by atoms with van der Waals surface area (Å²) in [5.41, 5.74) is 2.54. The third-order valence-electron chi connectivity index (χ3n) is 6.81. The van der Waals surface area contributed by atoms with Gasteiger partial charge in [-0.1, -0.05) is 66.7 Å². The van der Waals surface area contributed by atoms with Gasteiger partial charge < -0.3 is 9.64 Å². The average molecular weight is 549 g/mol. The highest BCUT2D eigenvalue weighted by atomic mass is 32.2. The molecule has 1 aliphatic heterocycles. The molecule has 1 amide bonds. The second-order valence-corrected chi connectivity index (χ2v) is 12.1. The maximum absolute atomic E-state index is 13.4. The molecule has 1 atom stereocenters. The molecule has 4 aromatic rings. The van der Waals surface area contributed by atoms with Crippen LogP contribution >= 0.6 is 11.3 Å². The van der Waals surface area contributed by atoms with Gasteiger partial charge in [0.2, 0.25) is 0 Å². The van der Waals surface area contributed by atoms with Crippen LogP contribution < -0.4 is 4.90 Å². The van der Waals surface area contributed by atoms with Gasteiger partial charge in [0.1, 0.15) is 4.21 Å². The zero-order valence-corrected chi connectivity index (χ0v) is 22.6. The van der Waals surface area contributed by atoms with Gasteiger partial charge in [-0.15, -0.1) is 11.3 Å². The van der Waals surface area contributed by atoms with E-state index >= 15 is 0 Å². The Labute approximate surface area is 226 Å². The highest BCUT2D eigenvalue weighted by Crippen LogP contribution is 2.37. The van der Waals surface area contributed by atoms with E-state index < -0.39 is 28.6 Å². The van der Waals surface area contributed by atoms with Crippen LogP contribution in [-0.2, 0) is 30.8 Å². The number of carbonyl (C=O) groups excluding carboxylic acids is 2. The Morgan fingerprint density at radius 2 is 1.76 bits per heavy atom. The number of thiophene rings is 1. The summed E-state index contributed by atoms with van der Waals surface area (Å²) in [5, 5.41) is 3.66. The van der Waals surface area contributed by atoms with Gasteiger partial charge in [-0.2, -0.15) is 4.31 Å². The second-order valence-electron chi connectivity index (χ2n) is 9.01. The minimum Gasteiger partial charge on any atom is -0.455 e. The van der Waals surface area contributed by atoms with Gasteiger partial charge in [0.15, 0.2) is 6.61 Å². The lowest BCUT2D eigenvalue weighted by Gasteiger charge is -2.35. The highest BCUT2D eigenvalue weighted by Gasteiger charge is 2.38. The molecule has 38 heavy (non-hydrogen) atoms. The fraction of sp³-hybridized carbons (Fsp3) is 0.241. The normalized spacial score (nSPS) is 15.7. The van der Waals surface area contributed by atoms with Gasteiger partial charge in [0.25, 0.3) is 15.9 Å². The van der Waals surface area contributed by atoms with Crippen LogP contribution in [0.1, 0.15) is 30.5 Å². The summed E-state index contributed by atoms with van der Waals surface area (Å²) in [5.74, 6) is -0.968. The molecule has 1 aromatic heterocycles. The molecule has 196 valence electrons. The van der Waals surface area contributed by atoms with E-state index in [0.717, 1.165) is 38.9 Å². The van der Waals surface area contributed by atoms with E-state index in [1.54, 1.807) is 22.4 Å². The van der Waals surface area contributed by atoms with E-state index in [9.17, 15) is 18.0 Å². The number of amides is 1. The predicted molar refractivity (Wildman–Crippen MR) is 149 cm³/mol. The SMILES string of the molecule is CCN(C(=O)COC(=O)C[C@@H]1c2ccccc2CCN1S(=O)(=O)c1cccs1)c1cccc2ccccc12. The molecular weight excluding hydrogens is 520 g/mol. The molecular formula is C29H28N2O5S2. The summed E-state index contributed by atoms with van der Waals surface area (Å²) >= 11 is 1.15. The maximum Gasteiger partial charge on any atom is 0.308 e. The number of hydrogen-bond donors (Lipinski definition) is 0. The van der Waals surface area contributed by atoms with Crippen molar-refractivity contribution in [2.24, 2.45) is 0 Å². The third-order valence-corrected chi connectivity index (χ3v) is 10.1. The van der Waals surface area contributed by atoms with E-state index in [1.165, 1.54) is 4.31 Å². The Hall–Kier alpha value is -3.53. The van der Waals surface area contributed by atoms with Gasteiger partial charge in [-0.05, 0) is 47.4 Å². The molecule has 0 bridgehead atoms. The number of fused-ring (bicyclic) bond motifs is 2. The van der Waals surface area contributed by atoms with E-state index in [0.29, 0.717) is 13.0 Å². The molecule has 3 aromatic carbocycles. The van der Waals surface area contributed by atoms with Gasteiger partial charge >= 0.3 is 5.97 Å². The quantitative estimate of drug-likeness (QED) is 0.284. The molecule has 0 N–H and O–H groups in total. The molecule has 9 heteroatoms. The third kappa shape index (κ3) is 5.09. The number of sulfonamides is 1. The topological polar surface area (TPSA) is 84.0 Å². The van der Waals surface area contributed by atoms with Crippen LogP contribution in [0.25, 0.3) is 10.8 Å². The standard InChI is InChI=1S/C29H28N2O5S2/c1-2-30(25-14-7-11-21-9-3-5-12-23(21)25)27(32)20-36-28(33)19-26-24-13-6-4-10-22(24)16-17-31(26)38(34,35)29-15-8-18-37-29/h3-15,18,26H,2,16-17,19-20H2,1H3/t26-/m1/s1. The van der Waals surface area contributed by atoms with Crippen molar-refractivity contribution in [3.05, 3.63) is 95.4 Å². The second kappa shape index (κ2) is 11.1. The van der Waals surface area contributed by atoms with Crippen LogP contribution in [0, 0.1) is 0 Å². The fourth-order valence-corrected chi connectivity index (χ4v) is 7.74. The predicted octanol–water partition coefficient (Wildman–Crippen LogP) is 5.18. The molecule has 0 saturated heterocycles. The number of hydrogen-bond acceptors (Lipinski definition) is 6. The van der Waals surface area contributed by atoms with Gasteiger partial charge in [0, 0.05) is 18.5 Å². The Morgan fingerprint density at radius 1 is 1.00 bits per heavy atom. The molecule has 1 aliphatic rings. The fourth-order valence-electron chi connectivity index (χ4n) is 5.02. The number of rotatable bonds is 8. The number of carbonyl (C=O) groups is 2. The molecule has 0 fully saturated rings. The molecule has 2 heterocycles. The molecule has 5 rings (SSSR count). The Morgan fingerprint density at radius 3 is 2.55 bits per heavy atom. The lowest BCUT2D eigenvalue weighted by Crippen LogP contribution is -2.41. The zero-order chi connectivity index (χ0) is 26.7. The number of esters is 1.